The van der Waals surface area contributed by atoms with Crippen LogP contribution < -0.4 is 14.2 Å². The van der Waals surface area contributed by atoms with E-state index in [1.807, 2.05) is 6.92 Å². The monoisotopic (exact) mass is 516 g/mol. The second-order valence-corrected chi connectivity index (χ2v) is 9.29. The highest BCUT2D eigenvalue weighted by Gasteiger charge is 2.22. The van der Waals surface area contributed by atoms with Gasteiger partial charge >= 0.3 is 10.1 Å². The summed E-state index contributed by atoms with van der Waals surface area (Å²) in [5, 5.41) is 12.4. The Kier molecular flexibility index (Phi) is 7.84. The molecule has 0 spiro atoms. The first-order valence-corrected chi connectivity index (χ1v) is 11.9. The summed E-state index contributed by atoms with van der Waals surface area (Å²) in [6, 6.07) is 17.1. The summed E-state index contributed by atoms with van der Waals surface area (Å²) in [5.41, 5.74) is 0.898. The minimum atomic E-state index is -4.23. The fourth-order valence-electron chi connectivity index (χ4n) is 2.85. The molecular weight excluding hydrogens is 499 g/mol. The lowest BCUT2D eigenvalue weighted by molar-refractivity contribution is -0.112. The molecule has 0 saturated heterocycles. The van der Waals surface area contributed by atoms with Gasteiger partial charge in [0.15, 0.2) is 11.5 Å². The molecule has 0 aliphatic rings. The zero-order valence-corrected chi connectivity index (χ0v) is 20.3. The van der Waals surface area contributed by atoms with E-state index >= 15 is 0 Å². The minimum Gasteiger partial charge on any atom is -0.493 e. The van der Waals surface area contributed by atoms with Crippen LogP contribution in [0.2, 0.25) is 10.0 Å². The standard InChI is InChI=1S/C24H18Cl2N2O5S/c1-15-9-11-18(12-10-15)34(30,31)33-23-16(5-3-8-21(23)32-2)13-17(14-27)24(29)28-20-7-4-6-19(25)22(20)26/h3-13H,1-2H3,(H,28,29)/b17-13+. The SMILES string of the molecule is COc1cccc(/C=C(\C#N)C(=O)Nc2cccc(Cl)c2Cl)c1OS(=O)(=O)c1ccc(C)cc1. The van der Waals surface area contributed by atoms with Crippen LogP contribution in [0.25, 0.3) is 6.08 Å². The quantitative estimate of drug-likeness (QED) is 0.248. The average molecular weight is 517 g/mol. The first-order valence-electron chi connectivity index (χ1n) is 9.71. The van der Waals surface area contributed by atoms with Gasteiger partial charge in [0.1, 0.15) is 16.5 Å². The highest BCUT2D eigenvalue weighted by Crippen LogP contribution is 2.35. The van der Waals surface area contributed by atoms with Crippen molar-refractivity contribution in [1.29, 1.82) is 5.26 Å². The lowest BCUT2D eigenvalue weighted by atomic mass is 10.1. The molecule has 0 aromatic heterocycles. The van der Waals surface area contributed by atoms with Crippen molar-refractivity contribution < 1.29 is 22.1 Å². The third-order valence-electron chi connectivity index (χ3n) is 4.60. The van der Waals surface area contributed by atoms with Crippen LogP contribution in [0, 0.1) is 18.3 Å². The molecule has 0 atom stereocenters. The summed E-state index contributed by atoms with van der Waals surface area (Å²) in [7, 11) is -2.89. The van der Waals surface area contributed by atoms with E-state index in [0.29, 0.717) is 0 Å². The van der Waals surface area contributed by atoms with E-state index in [1.54, 1.807) is 36.4 Å². The fraction of sp³-hybridized carbons (Fsp3) is 0.0833. The van der Waals surface area contributed by atoms with Crippen molar-refractivity contribution in [2.24, 2.45) is 0 Å². The van der Waals surface area contributed by atoms with Crippen molar-refractivity contribution >= 4 is 51.0 Å². The van der Waals surface area contributed by atoms with Crippen LogP contribution >= 0.6 is 23.2 Å². The number of benzene rings is 3. The number of carbonyl (C=O) groups is 1. The van der Waals surface area contributed by atoms with Gasteiger partial charge < -0.3 is 14.2 Å². The molecule has 7 nitrogen and oxygen atoms in total. The number of methoxy groups -OCH3 is 1. The van der Waals surface area contributed by atoms with Gasteiger partial charge in [-0.3, -0.25) is 4.79 Å². The van der Waals surface area contributed by atoms with Crippen molar-refractivity contribution in [3.8, 4) is 17.6 Å². The number of aryl methyl sites for hydroxylation is 1. The van der Waals surface area contributed by atoms with Gasteiger partial charge in [-0.1, -0.05) is 59.1 Å². The molecule has 3 rings (SSSR count). The predicted octanol–water partition coefficient (Wildman–Crippen LogP) is 5.62. The van der Waals surface area contributed by atoms with Crippen molar-refractivity contribution in [2.45, 2.75) is 11.8 Å². The topological polar surface area (TPSA) is 105 Å². The summed E-state index contributed by atoms with van der Waals surface area (Å²) in [6.07, 6.45) is 1.19. The van der Waals surface area contributed by atoms with Gasteiger partial charge in [-0.05, 0) is 43.3 Å². The number of hydrogen-bond donors (Lipinski definition) is 1. The smallest absolute Gasteiger partial charge is 0.339 e. The molecule has 0 radical (unpaired) electrons. The first kappa shape index (κ1) is 25.1. The lowest BCUT2D eigenvalue weighted by Crippen LogP contribution is -2.14. The minimum absolute atomic E-state index is 0.0622. The number of ether oxygens (including phenoxy) is 1. The number of anilines is 1. The number of halogens is 2. The number of amides is 1. The van der Waals surface area contributed by atoms with Gasteiger partial charge in [-0.15, -0.1) is 0 Å². The van der Waals surface area contributed by atoms with Crippen LogP contribution in [0.3, 0.4) is 0 Å². The van der Waals surface area contributed by atoms with E-state index in [0.717, 1.165) is 5.56 Å². The first-order chi connectivity index (χ1) is 16.2. The maximum absolute atomic E-state index is 12.9. The van der Waals surface area contributed by atoms with Gasteiger partial charge in [-0.2, -0.15) is 13.7 Å². The molecular formula is C24H18Cl2N2O5S. The van der Waals surface area contributed by atoms with E-state index < -0.39 is 16.0 Å². The molecule has 0 saturated carbocycles. The molecule has 10 heteroatoms. The van der Waals surface area contributed by atoms with Crippen LogP contribution in [0.15, 0.2) is 71.1 Å². The molecule has 0 aliphatic heterocycles. The summed E-state index contributed by atoms with van der Waals surface area (Å²) >= 11 is 12.1. The van der Waals surface area contributed by atoms with Gasteiger partial charge in [0, 0.05) is 5.56 Å². The fourth-order valence-corrected chi connectivity index (χ4v) is 4.16. The maximum atomic E-state index is 12.9. The van der Waals surface area contributed by atoms with E-state index in [4.69, 9.17) is 32.1 Å². The average Bonchev–Trinajstić information content (AvgIpc) is 2.81. The van der Waals surface area contributed by atoms with E-state index in [2.05, 4.69) is 5.32 Å². The second-order valence-electron chi connectivity index (χ2n) is 6.95. The molecule has 0 unspecified atom stereocenters. The lowest BCUT2D eigenvalue weighted by Gasteiger charge is -2.14. The Labute approximate surface area is 207 Å². The Hall–Kier alpha value is -3.51. The number of hydrogen-bond acceptors (Lipinski definition) is 6. The Morgan fingerprint density at radius 3 is 2.38 bits per heavy atom. The number of nitriles is 1. The summed E-state index contributed by atoms with van der Waals surface area (Å²) in [5.74, 6) is -0.853. The number of para-hydroxylation sites is 1. The Morgan fingerprint density at radius 1 is 1.06 bits per heavy atom. The summed E-state index contributed by atoms with van der Waals surface area (Å²) in [4.78, 5) is 12.7. The summed E-state index contributed by atoms with van der Waals surface area (Å²) < 4.78 is 36.4. The molecule has 0 fully saturated rings. The Bertz CT molecular complexity index is 1410. The molecule has 174 valence electrons. The van der Waals surface area contributed by atoms with Crippen LogP contribution in [0.4, 0.5) is 5.69 Å². The highest BCUT2D eigenvalue weighted by atomic mass is 35.5. The third kappa shape index (κ3) is 5.69. The number of rotatable bonds is 7. The highest BCUT2D eigenvalue weighted by molar-refractivity contribution is 7.87. The zero-order chi connectivity index (χ0) is 24.9. The molecule has 1 amide bonds. The van der Waals surface area contributed by atoms with Gasteiger partial charge in [0.25, 0.3) is 5.91 Å². The van der Waals surface area contributed by atoms with Crippen LogP contribution in [-0.4, -0.2) is 21.4 Å². The van der Waals surface area contributed by atoms with Crippen molar-refractivity contribution in [2.75, 3.05) is 12.4 Å². The maximum Gasteiger partial charge on any atom is 0.339 e. The molecule has 3 aromatic rings. The molecule has 0 heterocycles. The number of nitrogens with zero attached hydrogens (tertiary/aromatic N) is 1. The zero-order valence-electron chi connectivity index (χ0n) is 18.0. The van der Waals surface area contributed by atoms with Crippen molar-refractivity contribution in [1.82, 2.24) is 0 Å². The second kappa shape index (κ2) is 10.6. The van der Waals surface area contributed by atoms with Gasteiger partial charge in [0.05, 0.1) is 22.8 Å². The van der Waals surface area contributed by atoms with Crippen LogP contribution in [-0.2, 0) is 14.9 Å². The Balaban J connectivity index is 2.00. The largest absolute Gasteiger partial charge is 0.493 e. The predicted molar refractivity (Wildman–Crippen MR) is 131 cm³/mol. The number of nitrogens with one attached hydrogen (secondary N) is 1. The van der Waals surface area contributed by atoms with Gasteiger partial charge in [-0.25, -0.2) is 0 Å². The molecule has 34 heavy (non-hydrogen) atoms. The van der Waals surface area contributed by atoms with Crippen molar-refractivity contribution in [3.05, 3.63) is 87.4 Å². The normalized spacial score (nSPS) is 11.4. The molecule has 1 N–H and O–H groups in total. The van der Waals surface area contributed by atoms with Crippen LogP contribution in [0.1, 0.15) is 11.1 Å². The van der Waals surface area contributed by atoms with Crippen LogP contribution in [0.5, 0.6) is 11.5 Å². The third-order valence-corrected chi connectivity index (χ3v) is 6.65. The Morgan fingerprint density at radius 2 is 1.74 bits per heavy atom. The van der Waals surface area contributed by atoms with Gasteiger partial charge in [0.2, 0.25) is 0 Å². The molecule has 3 aromatic carbocycles. The van der Waals surface area contributed by atoms with E-state index in [1.165, 1.54) is 43.5 Å². The molecule has 0 bridgehead atoms. The van der Waals surface area contributed by atoms with E-state index in [-0.39, 0.29) is 43.3 Å². The number of carbonyl (C=O) groups excluding carboxylic acids is 1. The van der Waals surface area contributed by atoms with Crippen molar-refractivity contribution in [3.63, 3.8) is 0 Å². The summed E-state index contributed by atoms with van der Waals surface area (Å²) in [6.45, 7) is 1.82. The molecule has 0 aliphatic carbocycles. The van der Waals surface area contributed by atoms with E-state index in [9.17, 15) is 18.5 Å².